The second-order valence-electron chi connectivity index (χ2n) is 6.74. The van der Waals surface area contributed by atoms with E-state index < -0.39 is 5.91 Å². The highest BCUT2D eigenvalue weighted by Crippen LogP contribution is 2.42. The van der Waals surface area contributed by atoms with Gasteiger partial charge in [-0.2, -0.15) is 0 Å². The van der Waals surface area contributed by atoms with Crippen LogP contribution in [0.25, 0.3) is 0 Å². The SMILES string of the molecule is NC(=O)c1cc(NC(=O)C2CC3CCCC(C2)C3N)ccc1Cl. The fourth-order valence-electron chi connectivity index (χ4n) is 4.04. The van der Waals surface area contributed by atoms with Crippen LogP contribution in [0.1, 0.15) is 42.5 Å². The van der Waals surface area contributed by atoms with Gasteiger partial charge >= 0.3 is 0 Å². The third-order valence-corrected chi connectivity index (χ3v) is 5.61. The molecule has 1 aromatic rings. The van der Waals surface area contributed by atoms with Crippen molar-refractivity contribution in [3.8, 4) is 0 Å². The predicted molar refractivity (Wildman–Crippen MR) is 90.1 cm³/mol. The third-order valence-electron chi connectivity index (χ3n) is 5.28. The summed E-state index contributed by atoms with van der Waals surface area (Å²) < 4.78 is 0. The molecule has 5 N–H and O–H groups in total. The minimum absolute atomic E-state index is 0.00783. The smallest absolute Gasteiger partial charge is 0.250 e. The number of benzene rings is 1. The number of nitrogens with two attached hydrogens (primary N) is 2. The van der Waals surface area contributed by atoms with E-state index in [2.05, 4.69) is 5.32 Å². The topological polar surface area (TPSA) is 98.2 Å². The van der Waals surface area contributed by atoms with Gasteiger partial charge in [0, 0.05) is 17.6 Å². The first kappa shape index (κ1) is 16.3. The lowest BCUT2D eigenvalue weighted by Crippen LogP contribution is -2.48. The van der Waals surface area contributed by atoms with E-state index in [1.165, 1.54) is 12.5 Å². The molecule has 0 aliphatic heterocycles. The number of carbonyl (C=O) groups excluding carboxylic acids is 2. The van der Waals surface area contributed by atoms with Gasteiger partial charge in [0.2, 0.25) is 11.8 Å². The average Bonchev–Trinajstić information content (AvgIpc) is 2.48. The summed E-state index contributed by atoms with van der Waals surface area (Å²) in [5, 5.41) is 3.18. The number of hydrogen-bond acceptors (Lipinski definition) is 3. The minimum Gasteiger partial charge on any atom is -0.366 e. The molecule has 5 nitrogen and oxygen atoms in total. The maximum absolute atomic E-state index is 12.6. The highest BCUT2D eigenvalue weighted by molar-refractivity contribution is 6.34. The van der Waals surface area contributed by atoms with Crippen molar-refractivity contribution in [2.45, 2.75) is 38.1 Å². The van der Waals surface area contributed by atoms with Crippen LogP contribution in [0.3, 0.4) is 0 Å². The van der Waals surface area contributed by atoms with Crippen molar-refractivity contribution >= 4 is 29.1 Å². The first-order valence-electron chi connectivity index (χ1n) is 8.11. The van der Waals surface area contributed by atoms with Crippen LogP contribution in [0.5, 0.6) is 0 Å². The van der Waals surface area contributed by atoms with E-state index in [-0.39, 0.29) is 28.5 Å². The van der Waals surface area contributed by atoms with Gasteiger partial charge in [-0.1, -0.05) is 18.0 Å². The number of anilines is 1. The second-order valence-corrected chi connectivity index (χ2v) is 7.15. The van der Waals surface area contributed by atoms with Gasteiger partial charge in [0.15, 0.2) is 0 Å². The van der Waals surface area contributed by atoms with Crippen LogP contribution in [0.2, 0.25) is 5.02 Å². The number of halogens is 1. The summed E-state index contributed by atoms with van der Waals surface area (Å²) in [5.41, 5.74) is 12.3. The third kappa shape index (κ3) is 3.35. The lowest BCUT2D eigenvalue weighted by atomic mass is 9.65. The standard InChI is InChI=1S/C17H22ClN3O2/c18-14-5-4-12(8-13(14)16(20)22)21-17(23)11-6-9-2-1-3-10(7-11)15(9)19/h4-5,8-11,15H,1-3,6-7,19H2,(H2,20,22)(H,21,23). The Kier molecular flexibility index (Phi) is 4.60. The number of amides is 2. The number of carbonyl (C=O) groups is 2. The maximum atomic E-state index is 12.6. The summed E-state index contributed by atoms with van der Waals surface area (Å²) in [6.07, 6.45) is 5.15. The lowest BCUT2D eigenvalue weighted by molar-refractivity contribution is -0.122. The van der Waals surface area contributed by atoms with Crippen LogP contribution in [0, 0.1) is 17.8 Å². The number of hydrogen-bond donors (Lipinski definition) is 3. The summed E-state index contributed by atoms with van der Waals surface area (Å²) in [4.78, 5) is 23.9. The van der Waals surface area contributed by atoms with Crippen LogP contribution < -0.4 is 16.8 Å². The molecule has 23 heavy (non-hydrogen) atoms. The Balaban J connectivity index is 1.70. The molecule has 2 fully saturated rings. The molecule has 2 bridgehead atoms. The second kappa shape index (κ2) is 6.49. The normalized spacial score (nSPS) is 29.8. The molecule has 2 saturated carbocycles. The zero-order chi connectivity index (χ0) is 16.6. The molecule has 2 aliphatic carbocycles. The molecule has 124 valence electrons. The molecule has 0 saturated heterocycles. The van der Waals surface area contributed by atoms with E-state index in [1.54, 1.807) is 12.1 Å². The van der Waals surface area contributed by atoms with E-state index in [9.17, 15) is 9.59 Å². The fraction of sp³-hybridized carbons (Fsp3) is 0.529. The molecular formula is C17H22ClN3O2. The minimum atomic E-state index is -0.607. The molecule has 0 aromatic heterocycles. The Morgan fingerprint density at radius 1 is 1.17 bits per heavy atom. The molecule has 2 atom stereocenters. The molecule has 1 aromatic carbocycles. The van der Waals surface area contributed by atoms with Gasteiger partial charge in [-0.3, -0.25) is 9.59 Å². The molecular weight excluding hydrogens is 314 g/mol. The molecule has 2 aliphatic rings. The quantitative estimate of drug-likeness (QED) is 0.791. The number of fused-ring (bicyclic) bond motifs is 2. The highest BCUT2D eigenvalue weighted by atomic mass is 35.5. The van der Waals surface area contributed by atoms with Gasteiger partial charge in [0.05, 0.1) is 10.6 Å². The molecule has 3 rings (SSSR count). The van der Waals surface area contributed by atoms with Crippen molar-refractivity contribution in [3.05, 3.63) is 28.8 Å². The van der Waals surface area contributed by atoms with Crippen molar-refractivity contribution in [3.63, 3.8) is 0 Å². The molecule has 0 spiro atoms. The van der Waals surface area contributed by atoms with E-state index in [1.807, 2.05) is 0 Å². The average molecular weight is 336 g/mol. The summed E-state index contributed by atoms with van der Waals surface area (Å²) in [6.45, 7) is 0. The largest absolute Gasteiger partial charge is 0.366 e. The van der Waals surface area contributed by atoms with Crippen molar-refractivity contribution in [1.82, 2.24) is 0 Å². The summed E-state index contributed by atoms with van der Waals surface area (Å²) in [6, 6.07) is 5.02. The Morgan fingerprint density at radius 3 is 2.43 bits per heavy atom. The fourth-order valence-corrected chi connectivity index (χ4v) is 4.25. The number of primary amides is 1. The van der Waals surface area contributed by atoms with Gasteiger partial charge in [0.1, 0.15) is 0 Å². The van der Waals surface area contributed by atoms with Gasteiger partial charge in [-0.25, -0.2) is 0 Å². The Bertz CT molecular complexity index is 620. The van der Waals surface area contributed by atoms with E-state index in [4.69, 9.17) is 23.1 Å². The van der Waals surface area contributed by atoms with Crippen molar-refractivity contribution in [1.29, 1.82) is 0 Å². The Labute approximate surface area is 140 Å². The van der Waals surface area contributed by atoms with Crippen LogP contribution in [0.4, 0.5) is 5.69 Å². The summed E-state index contributed by atoms with van der Waals surface area (Å²) in [7, 11) is 0. The van der Waals surface area contributed by atoms with Gasteiger partial charge in [0.25, 0.3) is 0 Å². The van der Waals surface area contributed by atoms with E-state index in [0.29, 0.717) is 17.5 Å². The Morgan fingerprint density at radius 2 is 1.83 bits per heavy atom. The van der Waals surface area contributed by atoms with E-state index in [0.717, 1.165) is 25.7 Å². The number of rotatable bonds is 3. The molecule has 0 radical (unpaired) electrons. The highest BCUT2D eigenvalue weighted by Gasteiger charge is 2.40. The molecule has 2 amide bonds. The van der Waals surface area contributed by atoms with Crippen LogP contribution in [-0.2, 0) is 4.79 Å². The Hall–Kier alpha value is -1.59. The van der Waals surface area contributed by atoms with Crippen molar-refractivity contribution < 1.29 is 9.59 Å². The summed E-state index contributed by atoms with van der Waals surface area (Å²) in [5.74, 6) is 0.267. The van der Waals surface area contributed by atoms with Crippen molar-refractivity contribution in [2.75, 3.05) is 5.32 Å². The maximum Gasteiger partial charge on any atom is 0.250 e. The van der Waals surface area contributed by atoms with Gasteiger partial charge < -0.3 is 16.8 Å². The van der Waals surface area contributed by atoms with Gasteiger partial charge in [-0.05, 0) is 55.7 Å². The first-order valence-corrected chi connectivity index (χ1v) is 8.49. The zero-order valence-corrected chi connectivity index (χ0v) is 13.7. The van der Waals surface area contributed by atoms with E-state index >= 15 is 0 Å². The monoisotopic (exact) mass is 335 g/mol. The lowest BCUT2D eigenvalue weighted by Gasteiger charge is -2.43. The molecule has 0 heterocycles. The van der Waals surface area contributed by atoms with Crippen LogP contribution >= 0.6 is 11.6 Å². The van der Waals surface area contributed by atoms with Gasteiger partial charge in [-0.15, -0.1) is 0 Å². The number of nitrogens with one attached hydrogen (secondary N) is 1. The van der Waals surface area contributed by atoms with Crippen LogP contribution in [-0.4, -0.2) is 17.9 Å². The summed E-state index contributed by atoms with van der Waals surface area (Å²) >= 11 is 5.93. The molecule has 6 heteroatoms. The van der Waals surface area contributed by atoms with Crippen LogP contribution in [0.15, 0.2) is 18.2 Å². The van der Waals surface area contributed by atoms with Crippen molar-refractivity contribution in [2.24, 2.45) is 29.2 Å². The first-order chi connectivity index (χ1) is 11.0. The zero-order valence-electron chi connectivity index (χ0n) is 12.9. The predicted octanol–water partition coefficient (Wildman–Crippen LogP) is 2.53. The molecule has 2 unspecified atom stereocenters.